The predicted octanol–water partition coefficient (Wildman–Crippen LogP) is 2.09. The highest BCUT2D eigenvalue weighted by Crippen LogP contribution is 2.23. The lowest BCUT2D eigenvalue weighted by Crippen LogP contribution is -2.36. The van der Waals surface area contributed by atoms with Crippen LogP contribution >= 0.6 is 24.0 Å². The molecule has 3 N–H and O–H groups in total. The zero-order chi connectivity index (χ0) is 13.4. The first-order valence-electron chi connectivity index (χ1n) is 6.09. The van der Waals surface area contributed by atoms with Crippen LogP contribution in [0.3, 0.4) is 0 Å². The van der Waals surface area contributed by atoms with Crippen LogP contribution in [0.1, 0.15) is 19.4 Å². The average molecular weight is 379 g/mol. The highest BCUT2D eigenvalue weighted by molar-refractivity contribution is 14.0. The number of hydrogen-bond acceptors (Lipinski definition) is 3. The van der Waals surface area contributed by atoms with Gasteiger partial charge in [-0.3, -0.25) is 0 Å². The molecule has 0 aromatic heterocycles. The molecule has 19 heavy (non-hydrogen) atoms. The molecule has 1 aromatic carbocycles. The van der Waals surface area contributed by atoms with E-state index in [9.17, 15) is 5.11 Å². The van der Waals surface area contributed by atoms with E-state index < -0.39 is 0 Å². The first kappa shape index (κ1) is 17.8. The molecule has 1 aromatic rings. The highest BCUT2D eigenvalue weighted by Gasteiger charge is 2.03. The molecule has 0 amide bonds. The van der Waals surface area contributed by atoms with Gasteiger partial charge in [-0.15, -0.1) is 24.0 Å². The lowest BCUT2D eigenvalue weighted by molar-refractivity contribution is 0.411. The maximum Gasteiger partial charge on any atom is 0.191 e. The molecule has 6 heteroatoms. The van der Waals surface area contributed by atoms with Crippen LogP contribution in [0.25, 0.3) is 0 Å². The molecular formula is C13H22IN3O2. The van der Waals surface area contributed by atoms with Gasteiger partial charge in [0.05, 0.1) is 13.7 Å². The van der Waals surface area contributed by atoms with Crippen LogP contribution in [0.2, 0.25) is 0 Å². The fourth-order valence-electron chi connectivity index (χ4n) is 1.49. The molecule has 0 aliphatic carbocycles. The predicted molar refractivity (Wildman–Crippen MR) is 88.6 cm³/mol. The number of ether oxygens (including phenoxy) is 1. The van der Waals surface area contributed by atoms with E-state index in [1.165, 1.54) is 0 Å². The van der Waals surface area contributed by atoms with E-state index in [0.29, 0.717) is 12.3 Å². The standard InChI is InChI=1S/C13H21N3O2.HI/c1-4-14-13(15-5-2)16-9-10-8-11(18-3)6-7-12(10)17;/h6-8,17H,4-5,9H2,1-3H3,(H2,14,15,16);1H. The van der Waals surface area contributed by atoms with E-state index in [1.54, 1.807) is 25.3 Å². The Morgan fingerprint density at radius 3 is 2.42 bits per heavy atom. The van der Waals surface area contributed by atoms with Crippen molar-refractivity contribution in [2.45, 2.75) is 20.4 Å². The molecule has 0 radical (unpaired) electrons. The number of nitrogens with one attached hydrogen (secondary N) is 2. The number of benzene rings is 1. The summed E-state index contributed by atoms with van der Waals surface area (Å²) in [6.45, 7) is 6.02. The van der Waals surface area contributed by atoms with E-state index in [0.717, 1.165) is 24.6 Å². The molecular weight excluding hydrogens is 357 g/mol. The van der Waals surface area contributed by atoms with Crippen molar-refractivity contribution in [3.05, 3.63) is 23.8 Å². The molecule has 0 bridgehead atoms. The monoisotopic (exact) mass is 379 g/mol. The summed E-state index contributed by atoms with van der Waals surface area (Å²) in [5, 5.41) is 16.0. The van der Waals surface area contributed by atoms with Crippen molar-refractivity contribution in [1.82, 2.24) is 10.6 Å². The summed E-state index contributed by atoms with van der Waals surface area (Å²) in [5.41, 5.74) is 0.739. The Balaban J connectivity index is 0.00000324. The second-order valence-electron chi connectivity index (χ2n) is 3.72. The number of hydrogen-bond donors (Lipinski definition) is 3. The minimum Gasteiger partial charge on any atom is -0.508 e. The van der Waals surface area contributed by atoms with Crippen LogP contribution in [0.5, 0.6) is 11.5 Å². The Morgan fingerprint density at radius 2 is 1.89 bits per heavy atom. The molecule has 0 atom stereocenters. The van der Waals surface area contributed by atoms with Crippen molar-refractivity contribution in [2.24, 2.45) is 4.99 Å². The molecule has 0 unspecified atom stereocenters. The van der Waals surface area contributed by atoms with E-state index in [2.05, 4.69) is 15.6 Å². The lowest BCUT2D eigenvalue weighted by atomic mass is 10.2. The van der Waals surface area contributed by atoms with E-state index >= 15 is 0 Å². The lowest BCUT2D eigenvalue weighted by Gasteiger charge is -2.10. The molecule has 0 spiro atoms. The SMILES string of the molecule is CCNC(=NCc1cc(OC)ccc1O)NCC.I. The third kappa shape index (κ3) is 6.00. The summed E-state index contributed by atoms with van der Waals surface area (Å²) in [6.07, 6.45) is 0. The molecule has 108 valence electrons. The van der Waals surface area contributed by atoms with Crippen LogP contribution in [0, 0.1) is 0 Å². The Kier molecular flexibility index (Phi) is 9.11. The van der Waals surface area contributed by atoms with Gasteiger partial charge in [0.25, 0.3) is 0 Å². The molecule has 0 saturated carbocycles. The maximum atomic E-state index is 9.74. The van der Waals surface area contributed by atoms with Crippen molar-refractivity contribution in [3.8, 4) is 11.5 Å². The largest absolute Gasteiger partial charge is 0.508 e. The minimum atomic E-state index is 0. The van der Waals surface area contributed by atoms with Gasteiger partial charge in [0.15, 0.2) is 5.96 Å². The number of rotatable bonds is 5. The third-order valence-corrected chi connectivity index (χ3v) is 2.38. The van der Waals surface area contributed by atoms with Gasteiger partial charge in [-0.25, -0.2) is 4.99 Å². The second kappa shape index (κ2) is 9.71. The number of phenolic OH excluding ortho intramolecular Hbond substituents is 1. The van der Waals surface area contributed by atoms with Crippen molar-refractivity contribution in [1.29, 1.82) is 0 Å². The first-order chi connectivity index (χ1) is 8.71. The number of phenols is 1. The van der Waals surface area contributed by atoms with Crippen molar-refractivity contribution < 1.29 is 9.84 Å². The fourth-order valence-corrected chi connectivity index (χ4v) is 1.49. The summed E-state index contributed by atoms with van der Waals surface area (Å²) in [7, 11) is 1.60. The van der Waals surface area contributed by atoms with E-state index in [1.807, 2.05) is 13.8 Å². The van der Waals surface area contributed by atoms with Crippen LogP contribution in [0.4, 0.5) is 0 Å². The number of aliphatic imine (C=N–C) groups is 1. The summed E-state index contributed by atoms with van der Waals surface area (Å²) < 4.78 is 5.12. The number of nitrogens with zero attached hydrogens (tertiary/aromatic N) is 1. The van der Waals surface area contributed by atoms with Gasteiger partial charge < -0.3 is 20.5 Å². The normalized spacial score (nSPS) is 9.21. The van der Waals surface area contributed by atoms with Gasteiger partial charge in [-0.2, -0.15) is 0 Å². The molecule has 0 aliphatic rings. The Labute approximate surface area is 131 Å². The van der Waals surface area contributed by atoms with E-state index in [-0.39, 0.29) is 29.7 Å². The van der Waals surface area contributed by atoms with Crippen LogP contribution in [-0.2, 0) is 6.54 Å². The number of methoxy groups -OCH3 is 1. The van der Waals surface area contributed by atoms with Crippen molar-refractivity contribution in [2.75, 3.05) is 20.2 Å². The zero-order valence-corrected chi connectivity index (χ0v) is 13.9. The zero-order valence-electron chi connectivity index (χ0n) is 11.6. The van der Waals surface area contributed by atoms with Gasteiger partial charge in [-0.05, 0) is 32.0 Å². The third-order valence-electron chi connectivity index (χ3n) is 2.38. The van der Waals surface area contributed by atoms with Crippen LogP contribution in [0.15, 0.2) is 23.2 Å². The highest BCUT2D eigenvalue weighted by atomic mass is 127. The Hall–Kier alpha value is -1.18. The van der Waals surface area contributed by atoms with Gasteiger partial charge in [-0.1, -0.05) is 0 Å². The topological polar surface area (TPSA) is 65.9 Å². The number of halogens is 1. The van der Waals surface area contributed by atoms with Gasteiger partial charge in [0.2, 0.25) is 0 Å². The molecule has 1 rings (SSSR count). The van der Waals surface area contributed by atoms with Gasteiger partial charge >= 0.3 is 0 Å². The van der Waals surface area contributed by atoms with E-state index in [4.69, 9.17) is 4.74 Å². The van der Waals surface area contributed by atoms with Crippen molar-refractivity contribution >= 4 is 29.9 Å². The first-order valence-corrected chi connectivity index (χ1v) is 6.09. The quantitative estimate of drug-likeness (QED) is 0.417. The van der Waals surface area contributed by atoms with Crippen LogP contribution < -0.4 is 15.4 Å². The van der Waals surface area contributed by atoms with Gasteiger partial charge in [0, 0.05) is 18.7 Å². The summed E-state index contributed by atoms with van der Waals surface area (Å²) >= 11 is 0. The Bertz CT molecular complexity index is 403. The minimum absolute atomic E-state index is 0. The Morgan fingerprint density at radius 1 is 1.26 bits per heavy atom. The average Bonchev–Trinajstić information content (AvgIpc) is 2.38. The fraction of sp³-hybridized carbons (Fsp3) is 0.462. The number of guanidine groups is 1. The molecule has 0 fully saturated rings. The molecule has 0 aliphatic heterocycles. The van der Waals surface area contributed by atoms with Crippen molar-refractivity contribution in [3.63, 3.8) is 0 Å². The molecule has 0 saturated heterocycles. The van der Waals surface area contributed by atoms with Gasteiger partial charge in [0.1, 0.15) is 11.5 Å². The summed E-state index contributed by atoms with van der Waals surface area (Å²) in [5.74, 6) is 1.68. The maximum absolute atomic E-state index is 9.74. The summed E-state index contributed by atoms with van der Waals surface area (Å²) in [6, 6.07) is 5.12. The second-order valence-corrected chi connectivity index (χ2v) is 3.72. The smallest absolute Gasteiger partial charge is 0.191 e. The van der Waals surface area contributed by atoms with Crippen LogP contribution in [-0.4, -0.2) is 31.3 Å². The molecule has 0 heterocycles. The molecule has 5 nitrogen and oxygen atoms in total. The number of aromatic hydroxyl groups is 1. The summed E-state index contributed by atoms with van der Waals surface area (Å²) in [4.78, 5) is 4.39.